The van der Waals surface area contributed by atoms with Gasteiger partial charge in [0.1, 0.15) is 22.1 Å². The van der Waals surface area contributed by atoms with Gasteiger partial charge in [-0.05, 0) is 18.2 Å². The molecule has 2 aromatic rings. The average Bonchev–Trinajstić information content (AvgIpc) is 2.48. The molecule has 0 aliphatic rings. The fourth-order valence-electron chi connectivity index (χ4n) is 1.74. The largest absolute Gasteiger partial charge is 0.507 e. The van der Waals surface area contributed by atoms with Crippen LogP contribution in [0.4, 0.5) is 5.69 Å². The van der Waals surface area contributed by atoms with Crippen LogP contribution in [0.25, 0.3) is 0 Å². The molecule has 0 fully saturated rings. The van der Waals surface area contributed by atoms with E-state index in [4.69, 9.17) is 9.66 Å². The first-order valence-corrected chi connectivity index (χ1v) is 7.58. The number of rotatable bonds is 4. The number of aromatic hydroxyl groups is 2. The number of carboxylic acid groups (broad SMARTS) is 1. The lowest BCUT2D eigenvalue weighted by atomic mass is 10.1. The zero-order chi connectivity index (χ0) is 18.1. The fourth-order valence-corrected chi connectivity index (χ4v) is 2.32. The normalized spacial score (nSPS) is 11.0. The molecule has 1 aromatic heterocycles. The number of nitrogens with one attached hydrogen (secondary N) is 1. The number of phenols is 2. The summed E-state index contributed by atoms with van der Waals surface area (Å²) in [6, 6.07) is 3.56. The van der Waals surface area contributed by atoms with Crippen molar-refractivity contribution in [3.05, 3.63) is 41.7 Å². The summed E-state index contributed by atoms with van der Waals surface area (Å²) in [5.41, 5.74) is -0.615. The van der Waals surface area contributed by atoms with Crippen LogP contribution in [0.2, 0.25) is 0 Å². The van der Waals surface area contributed by atoms with E-state index in [1.54, 1.807) is 0 Å². The number of carbonyl (C=O) groups is 2. The molecule has 126 valence electrons. The number of anilines is 1. The molecule has 0 saturated carbocycles. The Morgan fingerprint density at radius 2 is 1.75 bits per heavy atom. The molecule has 1 heterocycles. The molecule has 5 N–H and O–H groups in total. The molecule has 11 heteroatoms. The minimum atomic E-state index is -4.78. The first-order chi connectivity index (χ1) is 11.1. The van der Waals surface area contributed by atoms with Crippen molar-refractivity contribution in [2.45, 2.75) is 4.90 Å². The third kappa shape index (κ3) is 3.59. The van der Waals surface area contributed by atoms with Crippen molar-refractivity contribution >= 4 is 27.7 Å². The molecule has 0 spiro atoms. The summed E-state index contributed by atoms with van der Waals surface area (Å²) in [5.74, 6) is -3.90. The molecule has 1 amide bonds. The predicted octanol–water partition coefficient (Wildman–Crippen LogP) is 0.690. The van der Waals surface area contributed by atoms with Crippen LogP contribution in [-0.2, 0) is 10.1 Å². The number of pyridine rings is 1. The van der Waals surface area contributed by atoms with Crippen LogP contribution in [0, 0.1) is 0 Å². The molecule has 0 aliphatic carbocycles. The summed E-state index contributed by atoms with van der Waals surface area (Å²) in [4.78, 5) is 25.3. The molecule has 0 radical (unpaired) electrons. The Labute approximate surface area is 134 Å². The molecule has 0 unspecified atom stereocenters. The van der Waals surface area contributed by atoms with E-state index < -0.39 is 44.0 Å². The van der Waals surface area contributed by atoms with Crippen LogP contribution in [0.15, 0.2) is 35.4 Å². The van der Waals surface area contributed by atoms with Crippen LogP contribution < -0.4 is 5.32 Å². The fraction of sp³-hybridized carbons (Fsp3) is 0. The highest BCUT2D eigenvalue weighted by atomic mass is 32.2. The molecule has 24 heavy (non-hydrogen) atoms. The maximum atomic E-state index is 12.0. The third-order valence-electron chi connectivity index (χ3n) is 2.84. The quantitative estimate of drug-likeness (QED) is 0.391. The van der Waals surface area contributed by atoms with Crippen molar-refractivity contribution in [1.29, 1.82) is 0 Å². The number of carbonyl (C=O) groups excluding carboxylic acids is 1. The Kier molecular flexibility index (Phi) is 4.39. The van der Waals surface area contributed by atoms with E-state index in [1.807, 2.05) is 0 Å². The Bertz CT molecular complexity index is 922. The standard InChI is InChI=1S/C13H10N2O8S/c16-9-4-11(24(21,22)23)10(17)3-7(9)12(18)15-6-1-2-8(13(19)20)14-5-6/h1-5,16-17H,(H,15,18)(H,19,20)(H,21,22,23). The molecule has 0 saturated heterocycles. The van der Waals surface area contributed by atoms with Gasteiger partial charge in [0.2, 0.25) is 0 Å². The number of hydrogen-bond donors (Lipinski definition) is 5. The Hall–Kier alpha value is -3.18. The van der Waals surface area contributed by atoms with Gasteiger partial charge >= 0.3 is 5.97 Å². The second-order valence-electron chi connectivity index (χ2n) is 4.50. The van der Waals surface area contributed by atoms with Gasteiger partial charge in [0.15, 0.2) is 0 Å². The minimum absolute atomic E-state index is 0.0998. The maximum absolute atomic E-state index is 12.0. The number of benzene rings is 1. The monoisotopic (exact) mass is 354 g/mol. The van der Waals surface area contributed by atoms with Gasteiger partial charge in [0.05, 0.1) is 17.4 Å². The SMILES string of the molecule is O=C(O)c1ccc(NC(=O)c2cc(O)c(S(=O)(=O)O)cc2O)cn1. The van der Waals surface area contributed by atoms with Crippen LogP contribution in [0.1, 0.15) is 20.8 Å². The number of hydrogen-bond acceptors (Lipinski definition) is 7. The van der Waals surface area contributed by atoms with Crippen molar-refractivity contribution in [3.8, 4) is 11.5 Å². The molecule has 10 nitrogen and oxygen atoms in total. The van der Waals surface area contributed by atoms with Crippen molar-refractivity contribution in [2.75, 3.05) is 5.32 Å². The number of aromatic nitrogens is 1. The van der Waals surface area contributed by atoms with Crippen molar-refractivity contribution < 1.29 is 37.9 Å². The van der Waals surface area contributed by atoms with Gasteiger partial charge in [-0.25, -0.2) is 9.78 Å². The van der Waals surface area contributed by atoms with E-state index in [-0.39, 0.29) is 11.4 Å². The van der Waals surface area contributed by atoms with Gasteiger partial charge in [-0.15, -0.1) is 0 Å². The average molecular weight is 354 g/mol. The van der Waals surface area contributed by atoms with Crippen molar-refractivity contribution in [2.24, 2.45) is 0 Å². The number of carboxylic acids is 1. The van der Waals surface area contributed by atoms with Gasteiger partial charge in [-0.1, -0.05) is 0 Å². The molecule has 0 aliphatic heterocycles. The van der Waals surface area contributed by atoms with Gasteiger partial charge in [0.25, 0.3) is 16.0 Å². The summed E-state index contributed by atoms with van der Waals surface area (Å²) in [5, 5.41) is 30.2. The Morgan fingerprint density at radius 1 is 1.08 bits per heavy atom. The first kappa shape index (κ1) is 17.2. The summed E-state index contributed by atoms with van der Waals surface area (Å²) < 4.78 is 30.9. The number of amides is 1. The molecule has 1 aromatic carbocycles. The van der Waals surface area contributed by atoms with Crippen molar-refractivity contribution in [1.82, 2.24) is 4.98 Å². The van der Waals surface area contributed by atoms with Gasteiger partial charge < -0.3 is 20.6 Å². The van der Waals surface area contributed by atoms with Gasteiger partial charge in [-0.2, -0.15) is 8.42 Å². The van der Waals surface area contributed by atoms with Crippen LogP contribution >= 0.6 is 0 Å². The van der Waals surface area contributed by atoms with Gasteiger partial charge in [-0.3, -0.25) is 9.35 Å². The van der Waals surface area contributed by atoms with E-state index in [1.165, 1.54) is 6.07 Å². The van der Waals surface area contributed by atoms with E-state index in [9.17, 15) is 28.2 Å². The second-order valence-corrected chi connectivity index (χ2v) is 5.89. The summed E-state index contributed by atoms with van der Waals surface area (Å²) in [6.07, 6.45) is 1.06. The molecule has 0 atom stereocenters. The highest BCUT2D eigenvalue weighted by Crippen LogP contribution is 2.30. The zero-order valence-electron chi connectivity index (χ0n) is 11.7. The Balaban J connectivity index is 2.30. The van der Waals surface area contributed by atoms with E-state index in [0.29, 0.717) is 12.1 Å². The smallest absolute Gasteiger partial charge is 0.354 e. The van der Waals surface area contributed by atoms with Crippen molar-refractivity contribution in [3.63, 3.8) is 0 Å². The molecular formula is C13H10N2O8S. The summed E-state index contributed by atoms with van der Waals surface area (Å²) in [7, 11) is -4.78. The number of nitrogens with zero attached hydrogens (tertiary/aromatic N) is 1. The van der Waals surface area contributed by atoms with E-state index in [2.05, 4.69) is 10.3 Å². The summed E-state index contributed by atoms with van der Waals surface area (Å²) >= 11 is 0. The first-order valence-electron chi connectivity index (χ1n) is 6.13. The zero-order valence-corrected chi connectivity index (χ0v) is 12.5. The number of phenolic OH excluding ortho intramolecular Hbond substituents is 2. The Morgan fingerprint density at radius 3 is 2.25 bits per heavy atom. The number of aromatic carboxylic acids is 1. The van der Waals surface area contributed by atoms with E-state index >= 15 is 0 Å². The molecule has 2 rings (SSSR count). The molecular weight excluding hydrogens is 344 g/mol. The lowest BCUT2D eigenvalue weighted by Gasteiger charge is -2.09. The molecule has 0 bridgehead atoms. The third-order valence-corrected chi connectivity index (χ3v) is 3.72. The predicted molar refractivity (Wildman–Crippen MR) is 78.7 cm³/mol. The second kappa shape index (κ2) is 6.14. The lowest BCUT2D eigenvalue weighted by molar-refractivity contribution is 0.0690. The van der Waals surface area contributed by atoms with Crippen LogP contribution in [0.3, 0.4) is 0 Å². The topological polar surface area (TPSA) is 174 Å². The lowest BCUT2D eigenvalue weighted by Crippen LogP contribution is -2.13. The van der Waals surface area contributed by atoms with Crippen LogP contribution in [-0.4, -0.2) is 45.2 Å². The van der Waals surface area contributed by atoms with Gasteiger partial charge in [0, 0.05) is 6.07 Å². The van der Waals surface area contributed by atoms with Crippen LogP contribution in [0.5, 0.6) is 11.5 Å². The summed E-state index contributed by atoms with van der Waals surface area (Å²) in [6.45, 7) is 0. The van der Waals surface area contributed by atoms with E-state index in [0.717, 1.165) is 12.3 Å². The highest BCUT2D eigenvalue weighted by molar-refractivity contribution is 7.86. The minimum Gasteiger partial charge on any atom is -0.507 e. The highest BCUT2D eigenvalue weighted by Gasteiger charge is 2.21. The maximum Gasteiger partial charge on any atom is 0.354 e.